The molecule has 0 radical (unpaired) electrons. The van der Waals surface area contributed by atoms with Gasteiger partial charge in [-0.2, -0.15) is 0 Å². The Morgan fingerprint density at radius 1 is 1.53 bits per heavy atom. The molecule has 0 bridgehead atoms. The van der Waals surface area contributed by atoms with Crippen LogP contribution in [0.1, 0.15) is 29.6 Å². The Bertz CT molecular complexity index is 470. The topological polar surface area (TPSA) is 84.6 Å². The Morgan fingerprint density at radius 3 is 2.84 bits per heavy atom. The molecule has 1 aliphatic rings. The van der Waals surface area contributed by atoms with Crippen LogP contribution in [0.15, 0.2) is 18.2 Å². The van der Waals surface area contributed by atoms with Crippen molar-refractivity contribution in [2.24, 2.45) is 5.41 Å². The molecule has 0 heterocycles. The number of benzene rings is 1. The number of nitrogen functional groups attached to an aromatic ring is 1. The van der Waals surface area contributed by atoms with Crippen LogP contribution in [0.3, 0.4) is 0 Å². The van der Waals surface area contributed by atoms with Crippen molar-refractivity contribution in [2.45, 2.75) is 19.3 Å². The van der Waals surface area contributed by atoms with E-state index in [9.17, 15) is 4.79 Å². The maximum Gasteiger partial charge on any atom is 0.255 e. The summed E-state index contributed by atoms with van der Waals surface area (Å²) in [6, 6.07) is 4.97. The Hall–Kier alpha value is -1.75. The van der Waals surface area contributed by atoms with Crippen molar-refractivity contribution in [1.82, 2.24) is 5.32 Å². The number of nitrogens with one attached hydrogen (secondary N) is 1. The molecule has 0 atom stereocenters. The van der Waals surface area contributed by atoms with Crippen molar-refractivity contribution >= 4 is 11.6 Å². The van der Waals surface area contributed by atoms with E-state index in [-0.39, 0.29) is 17.9 Å². The van der Waals surface area contributed by atoms with E-state index in [4.69, 9.17) is 15.6 Å². The predicted molar refractivity (Wildman–Crippen MR) is 73.1 cm³/mol. The molecule has 1 amide bonds. The second-order valence-electron chi connectivity index (χ2n) is 5.12. The zero-order valence-corrected chi connectivity index (χ0v) is 11.1. The molecule has 5 heteroatoms. The number of nitrogens with two attached hydrogens (primary N) is 1. The predicted octanol–water partition coefficient (Wildman–Crippen LogP) is 1.17. The van der Waals surface area contributed by atoms with Crippen LogP contribution >= 0.6 is 0 Å². The van der Waals surface area contributed by atoms with Crippen molar-refractivity contribution in [2.75, 3.05) is 26.0 Å². The normalized spacial score (nSPS) is 15.9. The molecule has 104 valence electrons. The van der Waals surface area contributed by atoms with Gasteiger partial charge in [-0.15, -0.1) is 0 Å². The Labute approximate surface area is 112 Å². The fraction of sp³-hybridized carbons (Fsp3) is 0.500. The smallest absolute Gasteiger partial charge is 0.255 e. The Kier molecular flexibility index (Phi) is 3.95. The third-order valence-corrected chi connectivity index (χ3v) is 3.69. The van der Waals surface area contributed by atoms with Crippen molar-refractivity contribution in [3.63, 3.8) is 0 Å². The minimum Gasteiger partial charge on any atom is -0.496 e. The molecule has 1 saturated carbocycles. The highest BCUT2D eigenvalue weighted by Crippen LogP contribution is 2.47. The Morgan fingerprint density at radius 2 is 2.26 bits per heavy atom. The van der Waals surface area contributed by atoms with Crippen LogP contribution < -0.4 is 15.8 Å². The van der Waals surface area contributed by atoms with Crippen molar-refractivity contribution in [1.29, 1.82) is 0 Å². The second-order valence-corrected chi connectivity index (χ2v) is 5.12. The number of aliphatic hydroxyl groups excluding tert-OH is 1. The van der Waals surface area contributed by atoms with Gasteiger partial charge in [0, 0.05) is 24.9 Å². The molecule has 1 aromatic rings. The first-order valence-corrected chi connectivity index (χ1v) is 6.43. The monoisotopic (exact) mass is 264 g/mol. The summed E-state index contributed by atoms with van der Waals surface area (Å²) in [5.74, 6) is 0.311. The fourth-order valence-electron chi connectivity index (χ4n) is 2.19. The summed E-state index contributed by atoms with van der Waals surface area (Å²) in [6.45, 7) is 0.765. The number of methoxy groups -OCH3 is 1. The third kappa shape index (κ3) is 3.17. The van der Waals surface area contributed by atoms with E-state index in [2.05, 4.69) is 5.32 Å². The number of hydrogen-bond acceptors (Lipinski definition) is 4. The van der Waals surface area contributed by atoms with Gasteiger partial charge in [0.25, 0.3) is 5.91 Å². The summed E-state index contributed by atoms with van der Waals surface area (Å²) in [5.41, 5.74) is 6.80. The Balaban J connectivity index is 2.00. The zero-order valence-electron chi connectivity index (χ0n) is 11.1. The number of carbonyl (C=O) groups excluding carboxylic acids is 1. The standard InChI is InChI=1S/C14H20N2O3/c1-19-12-8-10(15)2-3-11(12)13(18)16-9-14(4-5-14)6-7-17/h2-3,8,17H,4-7,9,15H2,1H3,(H,16,18). The maximum absolute atomic E-state index is 12.1. The first kappa shape index (κ1) is 13.7. The lowest BCUT2D eigenvalue weighted by atomic mass is 10.0. The van der Waals surface area contributed by atoms with Crippen molar-refractivity contribution < 1.29 is 14.6 Å². The van der Waals surface area contributed by atoms with E-state index in [0.717, 1.165) is 19.3 Å². The highest BCUT2D eigenvalue weighted by molar-refractivity contribution is 5.97. The SMILES string of the molecule is COc1cc(N)ccc1C(=O)NCC1(CCO)CC1. The minimum absolute atomic E-state index is 0.103. The highest BCUT2D eigenvalue weighted by Gasteiger charge is 2.41. The first-order chi connectivity index (χ1) is 9.10. The molecule has 4 N–H and O–H groups in total. The van der Waals surface area contributed by atoms with Gasteiger partial charge in [-0.3, -0.25) is 4.79 Å². The largest absolute Gasteiger partial charge is 0.496 e. The maximum atomic E-state index is 12.1. The molecule has 19 heavy (non-hydrogen) atoms. The number of carbonyl (C=O) groups is 1. The first-order valence-electron chi connectivity index (χ1n) is 6.43. The van der Waals surface area contributed by atoms with Crippen molar-refractivity contribution in [3.8, 4) is 5.75 Å². The van der Waals surface area contributed by atoms with Crippen molar-refractivity contribution in [3.05, 3.63) is 23.8 Å². The van der Waals surface area contributed by atoms with E-state index in [1.54, 1.807) is 18.2 Å². The molecule has 0 aliphatic heterocycles. The second kappa shape index (κ2) is 5.48. The third-order valence-electron chi connectivity index (χ3n) is 3.69. The molecule has 1 aliphatic carbocycles. The lowest BCUT2D eigenvalue weighted by Gasteiger charge is -2.15. The van der Waals surface area contributed by atoms with Crippen LogP contribution in [-0.2, 0) is 0 Å². The summed E-state index contributed by atoms with van der Waals surface area (Å²) in [7, 11) is 1.51. The number of rotatable bonds is 6. The van der Waals surface area contributed by atoms with Crippen LogP contribution in [0.5, 0.6) is 5.75 Å². The van der Waals surface area contributed by atoms with Gasteiger partial charge in [-0.1, -0.05) is 0 Å². The van der Waals surface area contributed by atoms with E-state index in [0.29, 0.717) is 23.5 Å². The highest BCUT2D eigenvalue weighted by atomic mass is 16.5. The van der Waals surface area contributed by atoms with Gasteiger partial charge in [0.2, 0.25) is 0 Å². The molecule has 1 aromatic carbocycles. The lowest BCUT2D eigenvalue weighted by molar-refractivity contribution is 0.0938. The molecule has 5 nitrogen and oxygen atoms in total. The van der Waals surface area contributed by atoms with Crippen LogP contribution in [0, 0.1) is 5.41 Å². The van der Waals surface area contributed by atoms with Gasteiger partial charge >= 0.3 is 0 Å². The molecule has 0 unspecified atom stereocenters. The van der Waals surface area contributed by atoms with Gasteiger partial charge in [0.05, 0.1) is 12.7 Å². The molecule has 0 saturated heterocycles. The molecule has 2 rings (SSSR count). The molecular formula is C14H20N2O3. The van der Waals surface area contributed by atoms with Crippen LogP contribution in [0.25, 0.3) is 0 Å². The minimum atomic E-state index is -0.166. The van der Waals surface area contributed by atoms with Crippen LogP contribution in [-0.4, -0.2) is 31.3 Å². The van der Waals surface area contributed by atoms with Gasteiger partial charge in [0.15, 0.2) is 0 Å². The van der Waals surface area contributed by atoms with E-state index in [1.165, 1.54) is 7.11 Å². The number of amides is 1. The average molecular weight is 264 g/mol. The number of anilines is 1. The van der Waals surface area contributed by atoms with Gasteiger partial charge in [0.1, 0.15) is 5.75 Å². The quantitative estimate of drug-likeness (QED) is 0.673. The van der Waals surface area contributed by atoms with E-state index >= 15 is 0 Å². The summed E-state index contributed by atoms with van der Waals surface area (Å²) >= 11 is 0. The molecule has 0 aromatic heterocycles. The fourth-order valence-corrected chi connectivity index (χ4v) is 2.19. The summed E-state index contributed by atoms with van der Waals surface area (Å²) in [4.78, 5) is 12.1. The lowest BCUT2D eigenvalue weighted by Crippen LogP contribution is -2.31. The summed E-state index contributed by atoms with van der Waals surface area (Å²) in [6.07, 6.45) is 2.87. The van der Waals surface area contributed by atoms with E-state index in [1.807, 2.05) is 0 Å². The van der Waals surface area contributed by atoms with Crippen LogP contribution in [0.4, 0.5) is 5.69 Å². The summed E-state index contributed by atoms with van der Waals surface area (Å²) in [5, 5.41) is 11.9. The van der Waals surface area contributed by atoms with Gasteiger partial charge < -0.3 is 20.9 Å². The average Bonchev–Trinajstić information content (AvgIpc) is 3.16. The number of ether oxygens (including phenoxy) is 1. The number of aliphatic hydroxyl groups is 1. The molecular weight excluding hydrogens is 244 g/mol. The zero-order chi connectivity index (χ0) is 13.9. The van der Waals surface area contributed by atoms with Crippen LogP contribution in [0.2, 0.25) is 0 Å². The molecule has 0 spiro atoms. The molecule has 1 fully saturated rings. The van der Waals surface area contributed by atoms with E-state index < -0.39 is 0 Å². The summed E-state index contributed by atoms with van der Waals surface area (Å²) < 4.78 is 5.16. The number of hydrogen-bond donors (Lipinski definition) is 3. The van der Waals surface area contributed by atoms with Gasteiger partial charge in [-0.25, -0.2) is 0 Å². The van der Waals surface area contributed by atoms with Gasteiger partial charge in [-0.05, 0) is 36.8 Å².